The van der Waals surface area contributed by atoms with Crippen LogP contribution in [0.15, 0.2) is 23.8 Å². The van der Waals surface area contributed by atoms with E-state index in [2.05, 4.69) is 15.9 Å². The lowest BCUT2D eigenvalue weighted by Gasteiger charge is -2.27. The highest BCUT2D eigenvalue weighted by Crippen LogP contribution is 2.36. The molecule has 74 valence electrons. The maximum absolute atomic E-state index is 10.8. The first-order valence-corrected chi connectivity index (χ1v) is 5.17. The zero-order valence-electron chi connectivity index (χ0n) is 7.61. The van der Waals surface area contributed by atoms with E-state index in [0.717, 1.165) is 5.57 Å². The van der Waals surface area contributed by atoms with Gasteiger partial charge in [0.2, 0.25) is 0 Å². The lowest BCUT2D eigenvalue weighted by atomic mass is 9.75. The topological polar surface area (TPSA) is 66.9 Å². The number of hydrogen-bond donors (Lipinski definition) is 0. The van der Waals surface area contributed by atoms with Gasteiger partial charge in [-0.1, -0.05) is 28.1 Å². The molecule has 1 aliphatic rings. The predicted molar refractivity (Wildman–Crippen MR) is 55.5 cm³/mol. The highest BCUT2D eigenvalue weighted by Gasteiger charge is 2.45. The largest absolute Gasteiger partial charge is 0.264 e. The molecule has 1 aliphatic carbocycles. The Hall–Kier alpha value is -1.15. The molecular formula is C9H9BrN2O2. The predicted octanol–water partition coefficient (Wildman–Crippen LogP) is 2.05. The van der Waals surface area contributed by atoms with Crippen LogP contribution >= 0.6 is 15.9 Å². The lowest BCUT2D eigenvalue weighted by Crippen LogP contribution is -2.39. The molecule has 2 unspecified atom stereocenters. The summed E-state index contributed by atoms with van der Waals surface area (Å²) in [6, 6.07) is 1.07. The highest BCUT2D eigenvalue weighted by atomic mass is 79.9. The van der Waals surface area contributed by atoms with Gasteiger partial charge in [-0.05, 0) is 18.6 Å². The molecule has 0 aromatic carbocycles. The van der Waals surface area contributed by atoms with Gasteiger partial charge in [0, 0.05) is 10.3 Å². The fourth-order valence-electron chi connectivity index (χ4n) is 1.43. The maximum Gasteiger partial charge on any atom is 0.253 e. The summed E-state index contributed by atoms with van der Waals surface area (Å²) in [6.07, 6.45) is 4.83. The summed E-state index contributed by atoms with van der Waals surface area (Å²) < 4.78 is 0. The van der Waals surface area contributed by atoms with Crippen LogP contribution in [0.5, 0.6) is 0 Å². The number of hydrogen-bond acceptors (Lipinski definition) is 3. The molecular weight excluding hydrogens is 248 g/mol. The normalized spacial score (nSPS) is 30.6. The smallest absolute Gasteiger partial charge is 0.253 e. The Kier molecular flexibility index (Phi) is 3.06. The Bertz CT molecular complexity index is 356. The minimum Gasteiger partial charge on any atom is -0.264 e. The van der Waals surface area contributed by atoms with Gasteiger partial charge in [-0.25, -0.2) is 0 Å². The second-order valence-electron chi connectivity index (χ2n) is 3.25. The molecule has 0 radical (unpaired) electrons. The summed E-state index contributed by atoms with van der Waals surface area (Å²) in [6.45, 7) is 1.59. The Morgan fingerprint density at radius 3 is 2.93 bits per heavy atom. The van der Waals surface area contributed by atoms with Gasteiger partial charge in [-0.3, -0.25) is 10.1 Å². The summed E-state index contributed by atoms with van der Waals surface area (Å²) in [5, 5.41) is 20.3. The van der Waals surface area contributed by atoms with Crippen LogP contribution in [0.3, 0.4) is 0 Å². The second-order valence-corrected chi connectivity index (χ2v) is 3.82. The van der Waals surface area contributed by atoms with Gasteiger partial charge >= 0.3 is 0 Å². The Labute approximate surface area is 90.2 Å². The first-order chi connectivity index (χ1) is 6.56. The zero-order valence-corrected chi connectivity index (χ0v) is 9.19. The van der Waals surface area contributed by atoms with E-state index < -0.39 is 16.4 Å². The minimum absolute atomic E-state index is 0.421. The molecule has 14 heavy (non-hydrogen) atoms. The number of allylic oxidation sites excluding steroid dienone is 2. The molecule has 0 aromatic rings. The summed E-state index contributed by atoms with van der Waals surface area (Å²) in [5.74, 6) is 0. The van der Waals surface area contributed by atoms with Gasteiger partial charge in [0.15, 0.2) is 0 Å². The summed E-state index contributed by atoms with van der Waals surface area (Å²) in [5.41, 5.74) is -0.300. The summed E-state index contributed by atoms with van der Waals surface area (Å²) in [7, 11) is 0. The van der Waals surface area contributed by atoms with E-state index in [-0.39, 0.29) is 0 Å². The fraction of sp³-hybridized carbons (Fsp3) is 0.444. The first kappa shape index (κ1) is 10.9. The fourth-order valence-corrected chi connectivity index (χ4v) is 2.20. The Morgan fingerprint density at radius 2 is 2.50 bits per heavy atom. The Morgan fingerprint density at radius 1 is 1.86 bits per heavy atom. The molecule has 0 spiro atoms. The third kappa shape index (κ3) is 1.58. The van der Waals surface area contributed by atoms with Gasteiger partial charge < -0.3 is 0 Å². The van der Waals surface area contributed by atoms with Crippen LogP contribution in [0.2, 0.25) is 0 Å². The zero-order chi connectivity index (χ0) is 10.8. The average Bonchev–Trinajstić information content (AvgIpc) is 2.17. The molecule has 0 N–H and O–H groups in total. The molecule has 0 saturated carbocycles. The van der Waals surface area contributed by atoms with Crippen molar-refractivity contribution >= 4 is 15.9 Å². The summed E-state index contributed by atoms with van der Waals surface area (Å²) >= 11 is 3.23. The highest BCUT2D eigenvalue weighted by molar-refractivity contribution is 9.09. The van der Waals surface area contributed by atoms with E-state index in [9.17, 15) is 10.1 Å². The van der Waals surface area contributed by atoms with Gasteiger partial charge in [-0.15, -0.1) is 0 Å². The number of alkyl halides is 1. The van der Waals surface area contributed by atoms with Crippen molar-refractivity contribution in [3.05, 3.63) is 33.9 Å². The van der Waals surface area contributed by atoms with Crippen molar-refractivity contribution in [1.29, 1.82) is 5.26 Å². The van der Waals surface area contributed by atoms with Gasteiger partial charge in [-0.2, -0.15) is 5.26 Å². The quantitative estimate of drug-likeness (QED) is 0.432. The monoisotopic (exact) mass is 256 g/mol. The SMILES string of the molecule is CC1(C#N)C(CBr)=CC=CC1[N+](=O)[O-]. The van der Waals surface area contributed by atoms with Crippen molar-refractivity contribution in [2.24, 2.45) is 5.41 Å². The number of nitrogens with zero attached hydrogens (tertiary/aromatic N) is 2. The number of nitro groups is 1. The number of rotatable bonds is 2. The van der Waals surface area contributed by atoms with Crippen LogP contribution in [-0.4, -0.2) is 16.3 Å². The van der Waals surface area contributed by atoms with Gasteiger partial charge in [0.1, 0.15) is 5.41 Å². The number of halogens is 1. The van der Waals surface area contributed by atoms with Crippen LogP contribution < -0.4 is 0 Å². The van der Waals surface area contributed by atoms with E-state index >= 15 is 0 Å². The van der Waals surface area contributed by atoms with Crippen LogP contribution in [0.25, 0.3) is 0 Å². The van der Waals surface area contributed by atoms with E-state index in [1.54, 1.807) is 19.1 Å². The first-order valence-electron chi connectivity index (χ1n) is 4.05. The van der Waals surface area contributed by atoms with Gasteiger partial charge in [0.25, 0.3) is 6.04 Å². The molecule has 0 heterocycles. The van der Waals surface area contributed by atoms with Crippen molar-refractivity contribution in [3.63, 3.8) is 0 Å². The molecule has 5 heteroatoms. The van der Waals surface area contributed by atoms with Crippen LogP contribution in [0, 0.1) is 26.9 Å². The molecule has 0 amide bonds. The van der Waals surface area contributed by atoms with Crippen molar-refractivity contribution in [2.75, 3.05) is 5.33 Å². The van der Waals surface area contributed by atoms with Crippen molar-refractivity contribution in [3.8, 4) is 6.07 Å². The number of nitriles is 1. The molecule has 4 nitrogen and oxygen atoms in total. The maximum atomic E-state index is 10.8. The molecule has 0 aromatic heterocycles. The van der Waals surface area contributed by atoms with E-state index in [0.29, 0.717) is 5.33 Å². The third-order valence-corrected chi connectivity index (χ3v) is 3.06. The average molecular weight is 257 g/mol. The minimum atomic E-state index is -1.04. The summed E-state index contributed by atoms with van der Waals surface area (Å²) in [4.78, 5) is 10.3. The molecule has 0 saturated heterocycles. The van der Waals surface area contributed by atoms with Crippen LogP contribution in [0.4, 0.5) is 0 Å². The van der Waals surface area contributed by atoms with Crippen molar-refractivity contribution < 1.29 is 4.92 Å². The van der Waals surface area contributed by atoms with E-state index in [1.807, 2.05) is 6.07 Å². The molecule has 0 bridgehead atoms. The standard InChI is InChI=1S/C9H9BrN2O2/c1-9(6-11)7(5-10)3-2-4-8(9)12(13)14/h2-4,8H,5H2,1H3. The van der Waals surface area contributed by atoms with E-state index in [1.165, 1.54) is 6.08 Å². The molecule has 2 atom stereocenters. The lowest BCUT2D eigenvalue weighted by molar-refractivity contribution is -0.521. The van der Waals surface area contributed by atoms with Gasteiger partial charge in [0.05, 0.1) is 6.07 Å². The third-order valence-electron chi connectivity index (χ3n) is 2.45. The molecule has 0 fully saturated rings. The molecule has 0 aliphatic heterocycles. The van der Waals surface area contributed by atoms with Crippen molar-refractivity contribution in [2.45, 2.75) is 13.0 Å². The van der Waals surface area contributed by atoms with E-state index in [4.69, 9.17) is 5.26 Å². The van der Waals surface area contributed by atoms with Crippen LogP contribution in [-0.2, 0) is 0 Å². The second kappa shape index (κ2) is 3.93. The molecule has 1 rings (SSSR count). The van der Waals surface area contributed by atoms with Crippen molar-refractivity contribution in [1.82, 2.24) is 0 Å². The van der Waals surface area contributed by atoms with Crippen LogP contribution in [0.1, 0.15) is 6.92 Å². The Balaban J connectivity index is 3.16.